The molecule has 7 nitrogen and oxygen atoms in total. The standard InChI is InChI=1S/C21H22O7/c1-24-15-4-3-5-16(25-2)19(15)20(22)18-13(10-26-21(18)23)8-12-6-7-14-17(9-12)28-11-27-14/h3-7,9,13,18,20,22H,8,10-11H2,1-2H3/t13-,18-,20?/m0/s1. The predicted molar refractivity (Wildman–Crippen MR) is 98.7 cm³/mol. The number of aliphatic hydroxyl groups excluding tert-OH is 1. The summed E-state index contributed by atoms with van der Waals surface area (Å²) < 4.78 is 26.8. The molecule has 2 aliphatic heterocycles. The zero-order valence-electron chi connectivity index (χ0n) is 15.7. The van der Waals surface area contributed by atoms with E-state index in [2.05, 4.69) is 0 Å². The lowest BCUT2D eigenvalue weighted by Crippen LogP contribution is -2.26. The fourth-order valence-electron chi connectivity index (χ4n) is 3.88. The molecule has 0 bridgehead atoms. The number of rotatable bonds is 6. The van der Waals surface area contributed by atoms with Crippen molar-refractivity contribution in [2.75, 3.05) is 27.6 Å². The number of esters is 1. The monoisotopic (exact) mass is 386 g/mol. The second kappa shape index (κ2) is 7.59. The number of benzene rings is 2. The van der Waals surface area contributed by atoms with Gasteiger partial charge in [0.2, 0.25) is 6.79 Å². The molecular weight excluding hydrogens is 364 g/mol. The lowest BCUT2D eigenvalue weighted by molar-refractivity contribution is -0.144. The highest BCUT2D eigenvalue weighted by molar-refractivity contribution is 5.76. The van der Waals surface area contributed by atoms with Crippen LogP contribution in [0.5, 0.6) is 23.0 Å². The Morgan fingerprint density at radius 2 is 1.79 bits per heavy atom. The van der Waals surface area contributed by atoms with Crippen LogP contribution in [0.15, 0.2) is 36.4 Å². The van der Waals surface area contributed by atoms with E-state index in [1.54, 1.807) is 18.2 Å². The van der Waals surface area contributed by atoms with Crippen LogP contribution in [0.4, 0.5) is 0 Å². The zero-order chi connectivity index (χ0) is 19.7. The lowest BCUT2D eigenvalue weighted by atomic mass is 9.82. The first-order valence-corrected chi connectivity index (χ1v) is 9.06. The molecule has 2 aliphatic rings. The van der Waals surface area contributed by atoms with E-state index in [9.17, 15) is 9.90 Å². The summed E-state index contributed by atoms with van der Waals surface area (Å²) in [7, 11) is 3.03. The van der Waals surface area contributed by atoms with Gasteiger partial charge in [-0.2, -0.15) is 0 Å². The lowest BCUT2D eigenvalue weighted by Gasteiger charge is -2.24. The van der Waals surface area contributed by atoms with Crippen LogP contribution in [0.1, 0.15) is 17.2 Å². The average molecular weight is 386 g/mol. The van der Waals surface area contributed by atoms with Gasteiger partial charge >= 0.3 is 5.97 Å². The maximum absolute atomic E-state index is 12.5. The molecule has 0 radical (unpaired) electrons. The van der Waals surface area contributed by atoms with Crippen molar-refractivity contribution >= 4 is 5.97 Å². The van der Waals surface area contributed by atoms with Gasteiger partial charge in [0.1, 0.15) is 11.5 Å². The molecule has 2 aromatic rings. The average Bonchev–Trinajstić information content (AvgIpc) is 3.32. The molecule has 1 N–H and O–H groups in total. The normalized spacial score (nSPS) is 21.3. The number of carbonyl (C=O) groups excluding carboxylic acids is 1. The van der Waals surface area contributed by atoms with Gasteiger partial charge in [-0.1, -0.05) is 12.1 Å². The summed E-state index contributed by atoms with van der Waals surface area (Å²) in [6.45, 7) is 0.450. The summed E-state index contributed by atoms with van der Waals surface area (Å²) in [5.41, 5.74) is 1.43. The largest absolute Gasteiger partial charge is 0.496 e. The van der Waals surface area contributed by atoms with Crippen LogP contribution in [-0.4, -0.2) is 38.7 Å². The van der Waals surface area contributed by atoms with Crippen LogP contribution >= 0.6 is 0 Å². The number of hydrogen-bond acceptors (Lipinski definition) is 7. The molecule has 28 heavy (non-hydrogen) atoms. The zero-order valence-corrected chi connectivity index (χ0v) is 15.7. The Morgan fingerprint density at radius 1 is 1.07 bits per heavy atom. The van der Waals surface area contributed by atoms with Crippen molar-refractivity contribution in [3.05, 3.63) is 47.5 Å². The Bertz CT molecular complexity index is 857. The van der Waals surface area contributed by atoms with Gasteiger partial charge < -0.3 is 28.8 Å². The van der Waals surface area contributed by atoms with Crippen molar-refractivity contribution in [2.24, 2.45) is 11.8 Å². The Morgan fingerprint density at radius 3 is 2.50 bits per heavy atom. The van der Waals surface area contributed by atoms with Crippen LogP contribution in [0, 0.1) is 11.8 Å². The third-order valence-corrected chi connectivity index (χ3v) is 5.26. The highest BCUT2D eigenvalue weighted by Gasteiger charge is 2.44. The molecule has 7 heteroatoms. The third kappa shape index (κ3) is 3.22. The predicted octanol–water partition coefficient (Wildman–Crippen LogP) is 2.50. The van der Waals surface area contributed by atoms with Crippen molar-refractivity contribution in [3.8, 4) is 23.0 Å². The quantitative estimate of drug-likeness (QED) is 0.764. The van der Waals surface area contributed by atoms with E-state index in [0.29, 0.717) is 35.0 Å². The van der Waals surface area contributed by atoms with E-state index in [1.807, 2.05) is 18.2 Å². The van der Waals surface area contributed by atoms with Crippen LogP contribution in [-0.2, 0) is 16.0 Å². The first-order valence-electron chi connectivity index (χ1n) is 9.06. The van der Waals surface area contributed by atoms with Gasteiger partial charge in [-0.3, -0.25) is 4.79 Å². The molecule has 3 atom stereocenters. The van der Waals surface area contributed by atoms with Crippen molar-refractivity contribution in [3.63, 3.8) is 0 Å². The maximum Gasteiger partial charge on any atom is 0.312 e. The minimum absolute atomic E-state index is 0.197. The van der Waals surface area contributed by atoms with Gasteiger partial charge in [0.15, 0.2) is 11.5 Å². The first kappa shape index (κ1) is 18.4. The minimum Gasteiger partial charge on any atom is -0.496 e. The summed E-state index contributed by atoms with van der Waals surface area (Å²) in [5, 5.41) is 11.1. The summed E-state index contributed by atoms with van der Waals surface area (Å²) in [4.78, 5) is 12.5. The van der Waals surface area contributed by atoms with Crippen molar-refractivity contribution in [1.82, 2.24) is 0 Å². The fraction of sp³-hybridized carbons (Fsp3) is 0.381. The van der Waals surface area contributed by atoms with E-state index in [4.69, 9.17) is 23.7 Å². The van der Waals surface area contributed by atoms with Crippen molar-refractivity contribution < 1.29 is 33.6 Å². The van der Waals surface area contributed by atoms with Crippen LogP contribution in [0.25, 0.3) is 0 Å². The molecule has 1 unspecified atom stereocenters. The van der Waals surface area contributed by atoms with Gasteiger partial charge in [0, 0.05) is 5.92 Å². The molecule has 1 fully saturated rings. The van der Waals surface area contributed by atoms with E-state index >= 15 is 0 Å². The molecule has 0 saturated carbocycles. The number of hydrogen-bond donors (Lipinski definition) is 1. The Kier molecular flexibility index (Phi) is 5.00. The fourth-order valence-corrected chi connectivity index (χ4v) is 3.88. The van der Waals surface area contributed by atoms with E-state index < -0.39 is 18.0 Å². The second-order valence-corrected chi connectivity index (χ2v) is 6.83. The Balaban J connectivity index is 1.61. The molecule has 0 aromatic heterocycles. The third-order valence-electron chi connectivity index (χ3n) is 5.26. The van der Waals surface area contributed by atoms with E-state index in [1.165, 1.54) is 14.2 Å². The van der Waals surface area contributed by atoms with Crippen molar-refractivity contribution in [1.29, 1.82) is 0 Å². The van der Waals surface area contributed by atoms with Gasteiger partial charge in [-0.15, -0.1) is 0 Å². The molecule has 0 amide bonds. The molecule has 0 spiro atoms. The van der Waals surface area contributed by atoms with Gasteiger partial charge in [-0.25, -0.2) is 0 Å². The number of carbonyl (C=O) groups is 1. The molecular formula is C21H22O7. The number of aliphatic hydroxyl groups is 1. The molecule has 148 valence electrons. The Hall–Kier alpha value is -2.93. The van der Waals surface area contributed by atoms with Gasteiger partial charge in [-0.05, 0) is 36.2 Å². The van der Waals surface area contributed by atoms with Crippen LogP contribution in [0.2, 0.25) is 0 Å². The first-order chi connectivity index (χ1) is 13.6. The smallest absolute Gasteiger partial charge is 0.312 e. The van der Waals surface area contributed by atoms with E-state index in [0.717, 1.165) is 5.56 Å². The minimum atomic E-state index is -1.11. The van der Waals surface area contributed by atoms with Crippen LogP contribution < -0.4 is 18.9 Å². The summed E-state index contributed by atoms with van der Waals surface area (Å²) in [5.74, 6) is 0.977. The maximum atomic E-state index is 12.5. The molecule has 2 heterocycles. The second-order valence-electron chi connectivity index (χ2n) is 6.83. The van der Waals surface area contributed by atoms with Crippen LogP contribution in [0.3, 0.4) is 0 Å². The van der Waals surface area contributed by atoms with Gasteiger partial charge in [0.25, 0.3) is 0 Å². The molecule has 4 rings (SSSR count). The number of cyclic esters (lactones) is 1. The highest BCUT2D eigenvalue weighted by Crippen LogP contribution is 2.43. The summed E-state index contributed by atoms with van der Waals surface area (Å²) in [6.07, 6.45) is -0.554. The Labute approximate surface area is 162 Å². The molecule has 1 saturated heterocycles. The number of methoxy groups -OCH3 is 2. The van der Waals surface area contributed by atoms with Gasteiger partial charge in [0.05, 0.1) is 38.4 Å². The topological polar surface area (TPSA) is 83.5 Å². The highest BCUT2D eigenvalue weighted by atomic mass is 16.7. The summed E-state index contributed by atoms with van der Waals surface area (Å²) in [6, 6.07) is 10.9. The number of fused-ring (bicyclic) bond motifs is 1. The molecule has 0 aliphatic carbocycles. The number of ether oxygens (including phenoxy) is 5. The van der Waals surface area contributed by atoms with Crippen molar-refractivity contribution in [2.45, 2.75) is 12.5 Å². The molecule has 2 aromatic carbocycles. The van der Waals surface area contributed by atoms with E-state index in [-0.39, 0.29) is 19.3 Å². The summed E-state index contributed by atoms with van der Waals surface area (Å²) >= 11 is 0. The SMILES string of the molecule is COc1cccc(OC)c1C(O)[C@H]1C(=O)OC[C@@H]1Cc1ccc2c(c1)OCO2.